The molecule has 1 saturated heterocycles. The summed E-state index contributed by atoms with van der Waals surface area (Å²) in [7, 11) is 0. The number of aromatic nitrogens is 1. The van der Waals surface area contributed by atoms with Gasteiger partial charge in [-0.3, -0.25) is 19.7 Å². The number of hydrogen-bond donors (Lipinski definition) is 1. The summed E-state index contributed by atoms with van der Waals surface area (Å²) in [5.74, 6) is -0.990. The molecule has 1 fully saturated rings. The number of rotatable bonds is 4. The molecular formula is C20H18N4O4S. The van der Waals surface area contributed by atoms with E-state index in [-0.39, 0.29) is 30.5 Å². The molecule has 4 rings (SSSR count). The maximum absolute atomic E-state index is 12.7. The van der Waals surface area contributed by atoms with E-state index in [9.17, 15) is 19.7 Å². The number of nitrogens with one attached hydrogen (secondary N) is 1. The first kappa shape index (κ1) is 19.0. The van der Waals surface area contributed by atoms with Gasteiger partial charge in [0.25, 0.3) is 5.69 Å². The Bertz CT molecular complexity index is 1160. The minimum atomic E-state index is -0.533. The molecule has 0 spiro atoms. The van der Waals surface area contributed by atoms with Crippen molar-refractivity contribution < 1.29 is 14.5 Å². The van der Waals surface area contributed by atoms with Crippen molar-refractivity contribution in [2.45, 2.75) is 20.3 Å². The van der Waals surface area contributed by atoms with Gasteiger partial charge in [-0.05, 0) is 37.6 Å². The highest BCUT2D eigenvalue weighted by molar-refractivity contribution is 7.18. The summed E-state index contributed by atoms with van der Waals surface area (Å²) in [5.41, 5.74) is 2.55. The third kappa shape index (κ3) is 3.68. The van der Waals surface area contributed by atoms with Crippen LogP contribution in [0.2, 0.25) is 0 Å². The first-order chi connectivity index (χ1) is 13.8. The zero-order valence-electron chi connectivity index (χ0n) is 15.8. The van der Waals surface area contributed by atoms with Crippen LogP contribution >= 0.6 is 11.3 Å². The molecule has 29 heavy (non-hydrogen) atoms. The number of carbonyl (C=O) groups is 2. The number of amides is 2. The Kier molecular flexibility index (Phi) is 4.75. The summed E-state index contributed by atoms with van der Waals surface area (Å²) in [4.78, 5) is 41.8. The molecular weight excluding hydrogens is 392 g/mol. The van der Waals surface area contributed by atoms with Crippen LogP contribution in [0.25, 0.3) is 10.2 Å². The molecule has 148 valence electrons. The van der Waals surface area contributed by atoms with Crippen LogP contribution in [0.5, 0.6) is 0 Å². The molecule has 1 unspecified atom stereocenters. The lowest BCUT2D eigenvalue weighted by Gasteiger charge is -2.17. The Morgan fingerprint density at radius 1 is 1.28 bits per heavy atom. The van der Waals surface area contributed by atoms with E-state index < -0.39 is 10.8 Å². The molecule has 2 aromatic carbocycles. The van der Waals surface area contributed by atoms with Gasteiger partial charge in [0.2, 0.25) is 11.8 Å². The van der Waals surface area contributed by atoms with E-state index in [2.05, 4.69) is 10.3 Å². The second kappa shape index (κ2) is 7.25. The molecule has 1 aliphatic heterocycles. The van der Waals surface area contributed by atoms with Crippen molar-refractivity contribution in [1.82, 2.24) is 4.98 Å². The maximum Gasteiger partial charge on any atom is 0.271 e. The van der Waals surface area contributed by atoms with Gasteiger partial charge in [-0.15, -0.1) is 11.3 Å². The molecule has 1 aromatic heterocycles. The Morgan fingerprint density at radius 3 is 2.83 bits per heavy atom. The molecule has 0 saturated carbocycles. The Hall–Kier alpha value is -3.33. The van der Waals surface area contributed by atoms with E-state index in [1.165, 1.54) is 12.1 Å². The van der Waals surface area contributed by atoms with Crippen LogP contribution in [-0.2, 0) is 9.59 Å². The van der Waals surface area contributed by atoms with Crippen molar-refractivity contribution in [3.05, 3.63) is 57.1 Å². The van der Waals surface area contributed by atoms with Gasteiger partial charge >= 0.3 is 0 Å². The van der Waals surface area contributed by atoms with Crippen molar-refractivity contribution in [3.63, 3.8) is 0 Å². The van der Waals surface area contributed by atoms with Crippen LogP contribution in [-0.4, -0.2) is 28.3 Å². The second-order valence-electron chi connectivity index (χ2n) is 7.04. The molecule has 0 radical (unpaired) electrons. The Morgan fingerprint density at radius 2 is 2.07 bits per heavy atom. The lowest BCUT2D eigenvalue weighted by molar-refractivity contribution is -0.384. The Balaban J connectivity index is 1.52. The second-order valence-corrected chi connectivity index (χ2v) is 8.27. The number of aryl methyl sites for hydroxylation is 2. The third-order valence-electron chi connectivity index (χ3n) is 4.98. The van der Waals surface area contributed by atoms with Crippen molar-refractivity contribution in [1.29, 1.82) is 0 Å². The van der Waals surface area contributed by atoms with Crippen LogP contribution in [0.1, 0.15) is 17.0 Å². The van der Waals surface area contributed by atoms with E-state index in [1.807, 2.05) is 25.1 Å². The smallest absolute Gasteiger partial charge is 0.271 e. The molecule has 1 aliphatic rings. The predicted octanol–water partition coefficient (Wildman–Crippen LogP) is 3.81. The Labute approximate surface area is 170 Å². The van der Waals surface area contributed by atoms with Crippen molar-refractivity contribution in [3.8, 4) is 0 Å². The number of hydrogen-bond acceptors (Lipinski definition) is 6. The van der Waals surface area contributed by atoms with Crippen LogP contribution in [0.4, 0.5) is 17.1 Å². The molecule has 1 atom stereocenters. The first-order valence-corrected chi connectivity index (χ1v) is 9.87. The van der Waals surface area contributed by atoms with E-state index in [0.29, 0.717) is 5.69 Å². The highest BCUT2D eigenvalue weighted by Crippen LogP contribution is 2.31. The van der Waals surface area contributed by atoms with Crippen LogP contribution in [0, 0.1) is 29.9 Å². The fourth-order valence-corrected chi connectivity index (χ4v) is 4.23. The fraction of sp³-hybridized carbons (Fsp3) is 0.250. The highest BCUT2D eigenvalue weighted by atomic mass is 32.1. The summed E-state index contributed by atoms with van der Waals surface area (Å²) in [6.07, 6.45) is 0.0912. The van der Waals surface area contributed by atoms with Gasteiger partial charge in [0.05, 0.1) is 31.8 Å². The molecule has 9 heteroatoms. The summed E-state index contributed by atoms with van der Waals surface area (Å²) in [5, 5.41) is 14.7. The fourth-order valence-electron chi connectivity index (χ4n) is 3.42. The van der Waals surface area contributed by atoms with Crippen molar-refractivity contribution in [2.75, 3.05) is 16.8 Å². The van der Waals surface area contributed by atoms with Gasteiger partial charge in [0.15, 0.2) is 0 Å². The van der Waals surface area contributed by atoms with Gasteiger partial charge in [0.1, 0.15) is 0 Å². The zero-order valence-corrected chi connectivity index (χ0v) is 16.7. The van der Waals surface area contributed by atoms with Gasteiger partial charge < -0.3 is 10.2 Å². The molecule has 1 N–H and O–H groups in total. The number of carbonyl (C=O) groups excluding carboxylic acids is 2. The SMILES string of the molecule is Cc1nc2cc(N3CC(C(=O)Nc4cc([N+](=O)[O-])ccc4C)CC3=O)ccc2s1. The highest BCUT2D eigenvalue weighted by Gasteiger charge is 2.35. The lowest BCUT2D eigenvalue weighted by Crippen LogP contribution is -2.28. The standard InChI is InChI=1S/C20H18N4O4S/c1-11-3-4-15(24(27)28)9-16(11)22-20(26)13-7-19(25)23(10-13)14-5-6-18-17(8-14)21-12(2)29-18/h3-6,8-9,13H,7,10H2,1-2H3,(H,22,26). The number of benzene rings is 2. The predicted molar refractivity (Wildman–Crippen MR) is 111 cm³/mol. The molecule has 2 heterocycles. The van der Waals surface area contributed by atoms with E-state index >= 15 is 0 Å². The average molecular weight is 410 g/mol. The quantitative estimate of drug-likeness (QED) is 0.520. The largest absolute Gasteiger partial charge is 0.325 e. The number of thiazole rings is 1. The molecule has 3 aromatic rings. The zero-order chi connectivity index (χ0) is 20.7. The van der Waals surface area contributed by atoms with Crippen LogP contribution in [0.3, 0.4) is 0 Å². The minimum Gasteiger partial charge on any atom is -0.325 e. The van der Waals surface area contributed by atoms with E-state index in [4.69, 9.17) is 0 Å². The van der Waals surface area contributed by atoms with Gasteiger partial charge in [0, 0.05) is 30.8 Å². The topological polar surface area (TPSA) is 105 Å². The van der Waals surface area contributed by atoms with E-state index in [0.717, 1.165) is 26.5 Å². The normalized spacial score (nSPS) is 16.4. The number of non-ortho nitro benzene ring substituents is 1. The number of anilines is 2. The molecule has 2 amide bonds. The monoisotopic (exact) mass is 410 g/mol. The van der Waals surface area contributed by atoms with Crippen molar-refractivity contribution >= 4 is 50.4 Å². The van der Waals surface area contributed by atoms with Gasteiger partial charge in [-0.25, -0.2) is 4.98 Å². The average Bonchev–Trinajstić information content (AvgIpc) is 3.24. The number of nitro groups is 1. The summed E-state index contributed by atoms with van der Waals surface area (Å²) >= 11 is 1.59. The number of nitro benzene ring substituents is 1. The maximum atomic E-state index is 12.7. The first-order valence-electron chi connectivity index (χ1n) is 9.05. The molecule has 0 bridgehead atoms. The van der Waals surface area contributed by atoms with Crippen LogP contribution < -0.4 is 10.2 Å². The summed E-state index contributed by atoms with van der Waals surface area (Å²) in [6.45, 7) is 3.95. The van der Waals surface area contributed by atoms with Gasteiger partial charge in [-0.2, -0.15) is 0 Å². The molecule has 8 nitrogen and oxygen atoms in total. The van der Waals surface area contributed by atoms with Crippen molar-refractivity contribution in [2.24, 2.45) is 5.92 Å². The lowest BCUT2D eigenvalue weighted by atomic mass is 10.1. The van der Waals surface area contributed by atoms with Gasteiger partial charge in [-0.1, -0.05) is 6.07 Å². The minimum absolute atomic E-state index is 0.0912. The third-order valence-corrected chi connectivity index (χ3v) is 5.93. The molecule has 0 aliphatic carbocycles. The number of fused-ring (bicyclic) bond motifs is 1. The van der Waals surface area contributed by atoms with E-state index in [1.54, 1.807) is 29.2 Å². The number of nitrogens with zero attached hydrogens (tertiary/aromatic N) is 3. The summed E-state index contributed by atoms with van der Waals surface area (Å²) in [6, 6.07) is 9.97. The van der Waals surface area contributed by atoms with Crippen LogP contribution in [0.15, 0.2) is 36.4 Å². The summed E-state index contributed by atoms with van der Waals surface area (Å²) < 4.78 is 1.05.